The number of carbonyl (C=O) groups excluding carboxylic acids is 1. The summed E-state index contributed by atoms with van der Waals surface area (Å²) >= 11 is 0. The van der Waals surface area contributed by atoms with Gasteiger partial charge in [-0.3, -0.25) is 4.79 Å². The molecule has 2 aromatic carbocycles. The summed E-state index contributed by atoms with van der Waals surface area (Å²) in [6.45, 7) is -0.523. The van der Waals surface area contributed by atoms with E-state index in [0.29, 0.717) is 41.2 Å². The molecule has 1 amide bonds. The lowest BCUT2D eigenvalue weighted by molar-refractivity contribution is 0.0999. The zero-order valence-electron chi connectivity index (χ0n) is 17.5. The van der Waals surface area contributed by atoms with E-state index in [2.05, 4.69) is 4.98 Å². The van der Waals surface area contributed by atoms with Crippen molar-refractivity contribution in [2.45, 2.75) is 25.4 Å². The zero-order valence-corrected chi connectivity index (χ0v) is 17.5. The second-order valence-corrected chi connectivity index (χ2v) is 7.90. The van der Waals surface area contributed by atoms with Crippen LogP contribution in [0, 0.1) is 17.5 Å². The van der Waals surface area contributed by atoms with Crippen LogP contribution in [0.15, 0.2) is 42.6 Å². The fourth-order valence-corrected chi connectivity index (χ4v) is 4.25. The second-order valence-electron chi connectivity index (χ2n) is 7.90. The van der Waals surface area contributed by atoms with E-state index in [0.717, 1.165) is 17.7 Å². The summed E-state index contributed by atoms with van der Waals surface area (Å²) in [5.74, 6) is -4.29. The quantitative estimate of drug-likeness (QED) is 0.417. The number of carbonyl (C=O) groups is 1. The molecular formula is C24H21F4N3O2. The number of amides is 1. The minimum absolute atomic E-state index is 0.0139. The van der Waals surface area contributed by atoms with Crippen molar-refractivity contribution in [1.82, 2.24) is 4.98 Å². The summed E-state index contributed by atoms with van der Waals surface area (Å²) in [6, 6.07) is 8.56. The average molecular weight is 459 g/mol. The van der Waals surface area contributed by atoms with Crippen LogP contribution in [0.1, 0.15) is 32.6 Å². The van der Waals surface area contributed by atoms with Gasteiger partial charge in [-0.1, -0.05) is 6.07 Å². The van der Waals surface area contributed by atoms with Crippen molar-refractivity contribution in [3.05, 3.63) is 87.9 Å². The van der Waals surface area contributed by atoms with Crippen LogP contribution in [0.2, 0.25) is 0 Å². The number of aliphatic hydroxyl groups is 1. The number of hydrogen-bond donors (Lipinski definition) is 2. The fourth-order valence-electron chi connectivity index (χ4n) is 4.25. The van der Waals surface area contributed by atoms with Crippen LogP contribution in [0.25, 0.3) is 0 Å². The number of nitrogens with two attached hydrogens (primary N) is 1. The molecule has 0 radical (unpaired) electrons. The molecule has 3 aromatic rings. The van der Waals surface area contributed by atoms with Gasteiger partial charge >= 0.3 is 0 Å². The lowest BCUT2D eigenvalue weighted by atomic mass is 9.96. The highest BCUT2D eigenvalue weighted by Crippen LogP contribution is 2.38. The van der Waals surface area contributed by atoms with Gasteiger partial charge in [0.25, 0.3) is 0 Å². The minimum Gasteiger partial charge on any atom is -0.390 e. The average Bonchev–Trinajstić information content (AvgIpc) is 3.22. The standard InChI is InChI=1S/C24H21F4N3O2/c25-12-15(32)11-18-14(8-13-9-19(26)22(28)20(27)10-13)4-6-30-24(18)31-7-5-16-17(23(29)33)2-1-3-21(16)31/h1-4,6,9-10,15,32H,5,7-8,11-12H2,(H2,29,33)/t15-/m1/s1. The molecule has 3 N–H and O–H groups in total. The Balaban J connectivity index is 1.79. The van der Waals surface area contributed by atoms with E-state index in [4.69, 9.17) is 5.73 Å². The highest BCUT2D eigenvalue weighted by Gasteiger charge is 2.28. The molecule has 0 fully saturated rings. The summed E-state index contributed by atoms with van der Waals surface area (Å²) in [5, 5.41) is 10.1. The van der Waals surface area contributed by atoms with Crippen LogP contribution < -0.4 is 10.6 Å². The summed E-state index contributed by atoms with van der Waals surface area (Å²) in [6.07, 6.45) is 0.636. The maximum absolute atomic E-state index is 13.7. The lowest BCUT2D eigenvalue weighted by Crippen LogP contribution is -2.21. The molecule has 1 aliphatic rings. The van der Waals surface area contributed by atoms with Crippen LogP contribution in [0.5, 0.6) is 0 Å². The monoisotopic (exact) mass is 459 g/mol. The predicted octanol–water partition coefficient (Wildman–Crippen LogP) is 3.76. The predicted molar refractivity (Wildman–Crippen MR) is 115 cm³/mol. The van der Waals surface area contributed by atoms with E-state index in [1.54, 1.807) is 18.2 Å². The molecule has 0 unspecified atom stereocenters. The molecule has 1 atom stereocenters. The number of primary amides is 1. The molecule has 2 heterocycles. The molecule has 0 bridgehead atoms. The molecule has 1 aliphatic heterocycles. The number of benzene rings is 2. The lowest BCUT2D eigenvalue weighted by Gasteiger charge is -2.24. The van der Waals surface area contributed by atoms with E-state index in [1.165, 1.54) is 6.20 Å². The number of nitrogens with zero attached hydrogens (tertiary/aromatic N) is 2. The first kappa shape index (κ1) is 22.7. The second kappa shape index (κ2) is 9.19. The highest BCUT2D eigenvalue weighted by atomic mass is 19.2. The fraction of sp³-hybridized carbons (Fsp3) is 0.250. The maximum atomic E-state index is 13.7. The van der Waals surface area contributed by atoms with Gasteiger partial charge in [-0.15, -0.1) is 0 Å². The first-order chi connectivity index (χ1) is 15.8. The van der Waals surface area contributed by atoms with Gasteiger partial charge in [0.15, 0.2) is 17.5 Å². The van der Waals surface area contributed by atoms with Gasteiger partial charge in [0, 0.05) is 36.0 Å². The number of alkyl halides is 1. The molecule has 33 heavy (non-hydrogen) atoms. The molecular weight excluding hydrogens is 438 g/mol. The van der Waals surface area contributed by atoms with Crippen molar-refractivity contribution in [1.29, 1.82) is 0 Å². The van der Waals surface area contributed by atoms with Crippen molar-refractivity contribution in [2.24, 2.45) is 5.73 Å². The number of hydrogen-bond acceptors (Lipinski definition) is 4. The van der Waals surface area contributed by atoms with Crippen molar-refractivity contribution in [3.63, 3.8) is 0 Å². The summed E-state index contributed by atoms with van der Waals surface area (Å²) in [5.41, 5.74) is 8.59. The number of fused-ring (bicyclic) bond motifs is 1. The largest absolute Gasteiger partial charge is 0.390 e. The van der Waals surface area contributed by atoms with Gasteiger partial charge in [0.05, 0.1) is 6.10 Å². The van der Waals surface area contributed by atoms with Gasteiger partial charge in [-0.05, 0) is 59.9 Å². The Morgan fingerprint density at radius 1 is 1.18 bits per heavy atom. The number of rotatable bonds is 7. The molecule has 0 aliphatic carbocycles. The Hall–Kier alpha value is -3.46. The first-order valence-electron chi connectivity index (χ1n) is 10.3. The minimum atomic E-state index is -1.55. The molecule has 0 spiro atoms. The van der Waals surface area contributed by atoms with E-state index in [1.807, 2.05) is 11.0 Å². The number of pyridine rings is 1. The first-order valence-corrected chi connectivity index (χ1v) is 10.3. The third kappa shape index (κ3) is 4.41. The molecule has 1 aromatic heterocycles. The molecule has 4 rings (SSSR count). The molecule has 9 heteroatoms. The van der Waals surface area contributed by atoms with Crippen molar-refractivity contribution >= 4 is 17.4 Å². The van der Waals surface area contributed by atoms with Gasteiger partial charge < -0.3 is 15.7 Å². The zero-order chi connectivity index (χ0) is 23.7. The number of halogens is 4. The smallest absolute Gasteiger partial charge is 0.249 e. The van der Waals surface area contributed by atoms with E-state index in [9.17, 15) is 27.5 Å². The highest BCUT2D eigenvalue weighted by molar-refractivity contribution is 5.97. The third-order valence-corrected chi connectivity index (χ3v) is 5.73. The molecule has 172 valence electrons. The molecule has 0 saturated heterocycles. The van der Waals surface area contributed by atoms with Crippen LogP contribution in [-0.2, 0) is 19.3 Å². The van der Waals surface area contributed by atoms with Gasteiger partial charge in [0.1, 0.15) is 12.5 Å². The molecule has 0 saturated carbocycles. The SMILES string of the molecule is NC(=O)c1cccc2c1CCN2c1nccc(Cc2cc(F)c(F)c(F)c2)c1C[C@@H](O)CF. The normalized spacial score (nSPS) is 13.8. The Kier molecular flexibility index (Phi) is 6.33. The van der Waals surface area contributed by atoms with Gasteiger partial charge in [0.2, 0.25) is 5.91 Å². The van der Waals surface area contributed by atoms with Gasteiger partial charge in [-0.2, -0.15) is 0 Å². The summed E-state index contributed by atoms with van der Waals surface area (Å²) < 4.78 is 54.0. The van der Waals surface area contributed by atoms with Crippen LogP contribution >= 0.6 is 0 Å². The number of aromatic nitrogens is 1. The Bertz CT molecular complexity index is 1200. The van der Waals surface area contributed by atoms with Crippen LogP contribution in [0.3, 0.4) is 0 Å². The Labute approximate surface area is 187 Å². The van der Waals surface area contributed by atoms with Crippen molar-refractivity contribution < 1.29 is 27.5 Å². The van der Waals surface area contributed by atoms with E-state index in [-0.39, 0.29) is 18.4 Å². The maximum Gasteiger partial charge on any atom is 0.249 e. The van der Waals surface area contributed by atoms with Crippen molar-refractivity contribution in [3.8, 4) is 0 Å². The van der Waals surface area contributed by atoms with Gasteiger partial charge in [-0.25, -0.2) is 22.5 Å². The van der Waals surface area contributed by atoms with E-state index >= 15 is 0 Å². The number of aliphatic hydroxyl groups excluding tert-OH is 1. The third-order valence-electron chi connectivity index (χ3n) is 5.73. The van der Waals surface area contributed by atoms with Crippen LogP contribution in [0.4, 0.5) is 29.1 Å². The summed E-state index contributed by atoms with van der Waals surface area (Å²) in [4.78, 5) is 18.1. The van der Waals surface area contributed by atoms with E-state index < -0.39 is 36.1 Å². The van der Waals surface area contributed by atoms with Crippen LogP contribution in [-0.4, -0.2) is 35.3 Å². The Morgan fingerprint density at radius 2 is 1.91 bits per heavy atom. The molecule has 5 nitrogen and oxygen atoms in total. The topological polar surface area (TPSA) is 79.5 Å². The Morgan fingerprint density at radius 3 is 2.58 bits per heavy atom. The van der Waals surface area contributed by atoms with Crippen molar-refractivity contribution in [2.75, 3.05) is 18.1 Å². The number of anilines is 2. The summed E-state index contributed by atoms with van der Waals surface area (Å²) in [7, 11) is 0.